The summed E-state index contributed by atoms with van der Waals surface area (Å²) in [5.41, 5.74) is 5.78. The number of nitrogens with zero attached hydrogens (tertiary/aromatic N) is 7. The minimum absolute atomic E-state index is 0.0897. The molecule has 8 heteroatoms. The molecule has 2 atom stereocenters. The number of imidazole rings is 1. The maximum Gasteiger partial charge on any atom is 0.161 e. The molecule has 1 N–H and O–H groups in total. The zero-order chi connectivity index (χ0) is 23.4. The van der Waals surface area contributed by atoms with Crippen LogP contribution in [-0.4, -0.2) is 68.4 Å². The number of hydrogen-bond donors (Lipinski definition) is 1. The molecule has 8 nitrogen and oxygen atoms in total. The van der Waals surface area contributed by atoms with Crippen LogP contribution in [0.25, 0.3) is 28.3 Å². The van der Waals surface area contributed by atoms with Crippen molar-refractivity contribution in [3.8, 4) is 34.4 Å². The first-order chi connectivity index (χ1) is 16.5. The number of aliphatic hydroxyl groups excluding tert-OH is 1. The highest BCUT2D eigenvalue weighted by atomic mass is 16.3. The Kier molecular flexibility index (Phi) is 4.76. The van der Waals surface area contributed by atoms with Crippen molar-refractivity contribution in [2.24, 2.45) is 0 Å². The lowest BCUT2D eigenvalue weighted by molar-refractivity contribution is 0.114. The third-order valence-electron chi connectivity index (χ3n) is 6.88. The van der Waals surface area contributed by atoms with E-state index in [0.717, 1.165) is 46.4 Å². The number of likely N-dealkylation sites (N-methyl/N-ethyl adjacent to an activating group) is 1. The summed E-state index contributed by atoms with van der Waals surface area (Å²) in [5, 5.41) is 19.6. The zero-order valence-electron chi connectivity index (χ0n) is 19.1. The first-order valence-electron chi connectivity index (χ1n) is 11.4. The van der Waals surface area contributed by atoms with Gasteiger partial charge in [-0.15, -0.1) is 0 Å². The van der Waals surface area contributed by atoms with E-state index in [1.54, 1.807) is 0 Å². The third kappa shape index (κ3) is 3.29. The van der Waals surface area contributed by atoms with Gasteiger partial charge >= 0.3 is 0 Å². The normalized spacial score (nSPS) is 18.9. The molecule has 1 fully saturated rings. The average Bonchev–Trinajstić information content (AvgIpc) is 3.56. The lowest BCUT2D eigenvalue weighted by atomic mass is 10.1. The molecule has 170 valence electrons. The van der Waals surface area contributed by atoms with Crippen molar-refractivity contribution < 1.29 is 5.11 Å². The van der Waals surface area contributed by atoms with Crippen molar-refractivity contribution in [1.29, 1.82) is 5.26 Å². The summed E-state index contributed by atoms with van der Waals surface area (Å²) in [4.78, 5) is 13.9. The minimum Gasteiger partial charge on any atom is -0.390 e. The van der Waals surface area contributed by atoms with Gasteiger partial charge in [0.05, 0.1) is 47.4 Å². The summed E-state index contributed by atoms with van der Waals surface area (Å²) in [7, 11) is 4.00. The second-order valence-corrected chi connectivity index (χ2v) is 9.19. The fourth-order valence-corrected chi connectivity index (χ4v) is 5.03. The Morgan fingerprint density at radius 1 is 1.09 bits per heavy atom. The lowest BCUT2D eigenvalue weighted by Crippen LogP contribution is -2.38. The molecule has 1 unspecified atom stereocenters. The molecule has 34 heavy (non-hydrogen) atoms. The van der Waals surface area contributed by atoms with Crippen LogP contribution in [0.5, 0.6) is 0 Å². The topological polar surface area (TPSA) is 86.1 Å². The van der Waals surface area contributed by atoms with Gasteiger partial charge in [0.1, 0.15) is 5.82 Å². The van der Waals surface area contributed by atoms with Gasteiger partial charge in [0.15, 0.2) is 5.82 Å². The fraction of sp³-hybridized carbons (Fsp3) is 0.269. The van der Waals surface area contributed by atoms with Crippen molar-refractivity contribution in [2.45, 2.75) is 18.7 Å². The molecule has 3 aromatic heterocycles. The van der Waals surface area contributed by atoms with Crippen LogP contribution in [0.3, 0.4) is 0 Å². The van der Waals surface area contributed by atoms with Gasteiger partial charge in [-0.1, -0.05) is 12.1 Å². The maximum atomic E-state index is 10.5. The van der Waals surface area contributed by atoms with Crippen LogP contribution >= 0.6 is 0 Å². The van der Waals surface area contributed by atoms with E-state index >= 15 is 0 Å². The molecule has 0 saturated carbocycles. The number of hydrogen-bond acceptors (Lipinski definition) is 6. The Morgan fingerprint density at radius 3 is 2.65 bits per heavy atom. The van der Waals surface area contributed by atoms with E-state index in [2.05, 4.69) is 48.3 Å². The second kappa shape index (κ2) is 7.83. The van der Waals surface area contributed by atoms with E-state index in [1.807, 2.05) is 56.8 Å². The molecule has 5 heterocycles. The monoisotopic (exact) mass is 451 g/mol. The first kappa shape index (κ1) is 20.7. The van der Waals surface area contributed by atoms with Gasteiger partial charge in [0.25, 0.3) is 0 Å². The second-order valence-electron chi connectivity index (χ2n) is 9.19. The Labute approximate surface area is 197 Å². The summed E-state index contributed by atoms with van der Waals surface area (Å²) in [5.74, 6) is 1.75. The van der Waals surface area contributed by atoms with E-state index in [-0.39, 0.29) is 6.04 Å². The number of β-amino-alcohol motifs (C(OH)–C–C–N with tert-alkyl or cyclic N) is 1. The molecule has 4 aromatic rings. The van der Waals surface area contributed by atoms with Crippen LogP contribution in [0.15, 0.2) is 61.1 Å². The van der Waals surface area contributed by atoms with E-state index in [9.17, 15) is 5.11 Å². The van der Waals surface area contributed by atoms with Crippen LogP contribution in [-0.2, 0) is 6.54 Å². The molecule has 6 rings (SSSR count). The van der Waals surface area contributed by atoms with Gasteiger partial charge in [0.2, 0.25) is 0 Å². The zero-order valence-corrected chi connectivity index (χ0v) is 19.1. The quantitative estimate of drug-likeness (QED) is 0.454. The maximum absolute atomic E-state index is 10.5. The number of aromatic nitrogens is 4. The molecular formula is C26H25N7O. The highest BCUT2D eigenvalue weighted by Gasteiger charge is 2.34. The van der Waals surface area contributed by atoms with E-state index in [4.69, 9.17) is 10.2 Å². The smallest absolute Gasteiger partial charge is 0.161 e. The molecule has 1 saturated heterocycles. The summed E-state index contributed by atoms with van der Waals surface area (Å²) in [6, 6.07) is 16.2. The van der Waals surface area contributed by atoms with Crippen molar-refractivity contribution in [3.05, 3.63) is 72.3 Å². The number of rotatable bonds is 3. The lowest BCUT2D eigenvalue weighted by Gasteiger charge is -2.22. The Bertz CT molecular complexity index is 1410. The highest BCUT2D eigenvalue weighted by Crippen LogP contribution is 2.34. The largest absolute Gasteiger partial charge is 0.390 e. The predicted molar refractivity (Wildman–Crippen MR) is 130 cm³/mol. The number of pyridine rings is 1. The van der Waals surface area contributed by atoms with E-state index in [0.29, 0.717) is 18.7 Å². The van der Waals surface area contributed by atoms with Gasteiger partial charge < -0.3 is 19.5 Å². The molecule has 2 aliphatic heterocycles. The van der Waals surface area contributed by atoms with Crippen LogP contribution < -0.4 is 4.90 Å². The van der Waals surface area contributed by atoms with E-state index < -0.39 is 6.10 Å². The molecule has 0 amide bonds. The van der Waals surface area contributed by atoms with Crippen molar-refractivity contribution >= 4 is 5.82 Å². The Morgan fingerprint density at radius 2 is 1.91 bits per heavy atom. The van der Waals surface area contributed by atoms with Crippen LogP contribution in [0.2, 0.25) is 0 Å². The summed E-state index contributed by atoms with van der Waals surface area (Å²) in [6.45, 7) is 1.93. The highest BCUT2D eigenvalue weighted by molar-refractivity contribution is 5.72. The van der Waals surface area contributed by atoms with Gasteiger partial charge in [-0.25, -0.2) is 9.97 Å². The van der Waals surface area contributed by atoms with Gasteiger partial charge in [-0.2, -0.15) is 5.26 Å². The van der Waals surface area contributed by atoms with Crippen LogP contribution in [0.1, 0.15) is 11.3 Å². The first-order valence-corrected chi connectivity index (χ1v) is 11.4. The summed E-state index contributed by atoms with van der Waals surface area (Å²) < 4.78 is 4.28. The number of fused-ring (bicyclic) bond motifs is 5. The average molecular weight is 452 g/mol. The standard InChI is InChI=1S/C26H25N7O/c1-30(2)23-15-32(16-24(23)34)25-8-7-21-20(29-25)14-31-13-19(18-5-3-17(12-27)4-6-18)11-22(31)26-28-9-10-33(21)26/h3-11,13,23-24,34H,14-16H2,1-2H3/t23?,24-/m1/s1. The molecular weight excluding hydrogens is 426 g/mol. The molecule has 2 aliphatic rings. The number of nitriles is 1. The van der Waals surface area contributed by atoms with Gasteiger partial charge in [-0.05, 0) is 50.0 Å². The number of aliphatic hydroxyl groups is 1. The predicted octanol–water partition coefficient (Wildman–Crippen LogP) is 2.75. The van der Waals surface area contributed by atoms with Crippen molar-refractivity contribution in [1.82, 2.24) is 24.0 Å². The van der Waals surface area contributed by atoms with Crippen molar-refractivity contribution in [3.63, 3.8) is 0 Å². The molecule has 0 aliphatic carbocycles. The molecule has 0 spiro atoms. The number of anilines is 1. The number of benzene rings is 1. The third-order valence-corrected chi connectivity index (χ3v) is 6.88. The molecule has 1 aromatic carbocycles. The minimum atomic E-state index is -0.401. The van der Waals surface area contributed by atoms with E-state index in [1.165, 1.54) is 0 Å². The Balaban J connectivity index is 1.40. The van der Waals surface area contributed by atoms with Crippen LogP contribution in [0, 0.1) is 11.3 Å². The molecule has 0 radical (unpaired) electrons. The summed E-state index contributed by atoms with van der Waals surface area (Å²) >= 11 is 0. The van der Waals surface area contributed by atoms with Gasteiger partial charge in [-0.3, -0.25) is 4.57 Å². The van der Waals surface area contributed by atoms with Crippen molar-refractivity contribution in [2.75, 3.05) is 32.1 Å². The fourth-order valence-electron chi connectivity index (χ4n) is 5.03. The Hall–Kier alpha value is -3.93. The SMILES string of the molecule is CN(C)C1CN(c2ccc3c(n2)Cn2cc(-c4ccc(C#N)cc4)cc2-c2nccn2-3)C[C@H]1O. The van der Waals surface area contributed by atoms with Crippen LogP contribution in [0.4, 0.5) is 5.82 Å². The molecule has 0 bridgehead atoms. The summed E-state index contributed by atoms with van der Waals surface area (Å²) in [6.07, 6.45) is 5.51. The van der Waals surface area contributed by atoms with Gasteiger partial charge in [0, 0.05) is 37.2 Å².